The maximum absolute atomic E-state index is 11.7. The fourth-order valence-corrected chi connectivity index (χ4v) is 1.89. The van der Waals surface area contributed by atoms with Crippen LogP contribution in [-0.2, 0) is 0 Å². The molecule has 0 fully saturated rings. The molecule has 0 saturated carbocycles. The van der Waals surface area contributed by atoms with Crippen LogP contribution in [0.5, 0.6) is 5.75 Å². The first-order valence-corrected chi connectivity index (χ1v) is 4.96. The van der Waals surface area contributed by atoms with Gasteiger partial charge in [0.15, 0.2) is 5.78 Å². The highest BCUT2D eigenvalue weighted by molar-refractivity contribution is 5.99. The summed E-state index contributed by atoms with van der Waals surface area (Å²) in [5.74, 6) is 1.00. The van der Waals surface area contributed by atoms with Crippen molar-refractivity contribution >= 4 is 5.78 Å². The molecule has 1 aliphatic heterocycles. The smallest absolute Gasteiger partial charge is 0.166 e. The van der Waals surface area contributed by atoms with E-state index >= 15 is 0 Å². The Morgan fingerprint density at radius 1 is 1.29 bits per heavy atom. The van der Waals surface area contributed by atoms with Gasteiger partial charge in [0.05, 0.1) is 12.2 Å². The van der Waals surface area contributed by atoms with E-state index in [0.717, 1.165) is 28.9 Å². The minimum absolute atomic E-state index is 0.212. The van der Waals surface area contributed by atoms with E-state index in [1.54, 1.807) is 0 Å². The summed E-state index contributed by atoms with van der Waals surface area (Å²) in [6.07, 6.45) is 1.43. The van der Waals surface area contributed by atoms with Crippen LogP contribution in [0.3, 0.4) is 0 Å². The van der Waals surface area contributed by atoms with Gasteiger partial charge in [0, 0.05) is 6.42 Å². The van der Waals surface area contributed by atoms with Crippen LogP contribution >= 0.6 is 0 Å². The molecule has 0 N–H and O–H groups in total. The number of benzene rings is 1. The monoisotopic (exact) mass is 190 g/mol. The van der Waals surface area contributed by atoms with Crippen molar-refractivity contribution in [2.45, 2.75) is 26.7 Å². The average Bonchev–Trinajstić information content (AvgIpc) is 2.29. The van der Waals surface area contributed by atoms with Gasteiger partial charge in [0.25, 0.3) is 0 Å². The van der Waals surface area contributed by atoms with Crippen LogP contribution in [0.1, 0.15) is 34.3 Å². The van der Waals surface area contributed by atoms with E-state index in [1.807, 2.05) is 19.9 Å². The molecule has 0 radical (unpaired) electrons. The van der Waals surface area contributed by atoms with Crippen molar-refractivity contribution in [1.82, 2.24) is 0 Å². The fourth-order valence-electron chi connectivity index (χ4n) is 1.89. The molecule has 0 atom stereocenters. The van der Waals surface area contributed by atoms with Crippen molar-refractivity contribution < 1.29 is 9.53 Å². The van der Waals surface area contributed by atoms with Crippen molar-refractivity contribution in [2.24, 2.45) is 0 Å². The largest absolute Gasteiger partial charge is 0.493 e. The SMILES string of the molecule is Cc1cc(C)c2c(c1)C(=O)CCCO2. The van der Waals surface area contributed by atoms with Gasteiger partial charge in [-0.15, -0.1) is 0 Å². The number of carbonyl (C=O) groups is 1. The standard InChI is InChI=1S/C12H14O2/c1-8-6-9(2)12-10(7-8)11(13)4-3-5-14-12/h6-7H,3-5H2,1-2H3. The Morgan fingerprint density at radius 3 is 2.86 bits per heavy atom. The summed E-state index contributed by atoms with van der Waals surface area (Å²) in [6.45, 7) is 4.65. The lowest BCUT2D eigenvalue weighted by molar-refractivity contribution is 0.0983. The molecule has 0 saturated heterocycles. The molecule has 0 bridgehead atoms. The Morgan fingerprint density at radius 2 is 2.07 bits per heavy atom. The Balaban J connectivity index is 2.58. The van der Waals surface area contributed by atoms with Gasteiger partial charge < -0.3 is 4.74 Å². The van der Waals surface area contributed by atoms with Gasteiger partial charge in [-0.3, -0.25) is 4.79 Å². The number of ether oxygens (including phenoxy) is 1. The number of carbonyl (C=O) groups excluding carboxylic acids is 1. The molecule has 1 aromatic carbocycles. The Kier molecular flexibility index (Phi) is 2.28. The quantitative estimate of drug-likeness (QED) is 0.628. The van der Waals surface area contributed by atoms with Crippen molar-refractivity contribution in [3.05, 3.63) is 28.8 Å². The molecule has 2 heteroatoms. The molecule has 74 valence electrons. The number of ketones is 1. The number of fused-ring (bicyclic) bond motifs is 1. The van der Waals surface area contributed by atoms with Crippen LogP contribution in [0.4, 0.5) is 0 Å². The molecular weight excluding hydrogens is 176 g/mol. The highest BCUT2D eigenvalue weighted by atomic mass is 16.5. The summed E-state index contributed by atoms with van der Waals surface area (Å²) < 4.78 is 5.58. The van der Waals surface area contributed by atoms with Gasteiger partial charge in [-0.05, 0) is 37.5 Å². The van der Waals surface area contributed by atoms with Crippen LogP contribution in [0.25, 0.3) is 0 Å². The molecule has 0 spiro atoms. The summed E-state index contributed by atoms with van der Waals surface area (Å²) in [6, 6.07) is 3.98. The van der Waals surface area contributed by atoms with Crippen LogP contribution in [-0.4, -0.2) is 12.4 Å². The molecule has 2 rings (SSSR count). The Hall–Kier alpha value is -1.31. The third-order valence-corrected chi connectivity index (χ3v) is 2.51. The maximum atomic E-state index is 11.7. The van der Waals surface area contributed by atoms with E-state index in [1.165, 1.54) is 0 Å². The summed E-state index contributed by atoms with van der Waals surface area (Å²) >= 11 is 0. The molecule has 0 aliphatic carbocycles. The third kappa shape index (κ3) is 1.52. The molecule has 0 unspecified atom stereocenters. The van der Waals surface area contributed by atoms with E-state index in [2.05, 4.69) is 6.07 Å². The molecule has 0 aromatic heterocycles. The zero-order valence-corrected chi connectivity index (χ0v) is 8.59. The van der Waals surface area contributed by atoms with Crippen LogP contribution in [0.15, 0.2) is 12.1 Å². The molecule has 1 aliphatic rings. The first-order chi connectivity index (χ1) is 6.68. The molecule has 14 heavy (non-hydrogen) atoms. The lowest BCUT2D eigenvalue weighted by Gasteiger charge is -2.10. The first kappa shape index (κ1) is 9.25. The maximum Gasteiger partial charge on any atom is 0.166 e. The predicted molar refractivity (Wildman–Crippen MR) is 55.0 cm³/mol. The molecule has 1 aromatic rings. The first-order valence-electron chi connectivity index (χ1n) is 4.96. The van der Waals surface area contributed by atoms with Gasteiger partial charge >= 0.3 is 0 Å². The van der Waals surface area contributed by atoms with E-state index in [4.69, 9.17) is 4.74 Å². The van der Waals surface area contributed by atoms with Crippen molar-refractivity contribution in [2.75, 3.05) is 6.61 Å². The highest BCUT2D eigenvalue weighted by Gasteiger charge is 2.18. The number of aryl methyl sites for hydroxylation is 2. The topological polar surface area (TPSA) is 26.3 Å². The minimum atomic E-state index is 0.212. The number of hydrogen-bond acceptors (Lipinski definition) is 2. The summed E-state index contributed by atoms with van der Waals surface area (Å²) in [4.78, 5) is 11.7. The second kappa shape index (κ2) is 3.45. The van der Waals surface area contributed by atoms with E-state index in [9.17, 15) is 4.79 Å². The van der Waals surface area contributed by atoms with Crippen molar-refractivity contribution in [1.29, 1.82) is 0 Å². The highest BCUT2D eigenvalue weighted by Crippen LogP contribution is 2.29. The van der Waals surface area contributed by atoms with Gasteiger partial charge in [-0.2, -0.15) is 0 Å². The van der Waals surface area contributed by atoms with Crippen molar-refractivity contribution in [3.8, 4) is 5.75 Å². The second-order valence-electron chi connectivity index (χ2n) is 3.83. The normalized spacial score (nSPS) is 15.7. The zero-order chi connectivity index (χ0) is 10.1. The predicted octanol–water partition coefficient (Wildman–Crippen LogP) is 2.66. The lowest BCUT2D eigenvalue weighted by atomic mass is 10.0. The second-order valence-corrected chi connectivity index (χ2v) is 3.83. The molecule has 1 heterocycles. The van der Waals surface area contributed by atoms with Crippen LogP contribution in [0, 0.1) is 13.8 Å². The third-order valence-electron chi connectivity index (χ3n) is 2.51. The lowest BCUT2D eigenvalue weighted by Crippen LogP contribution is -2.00. The Labute approximate surface area is 83.9 Å². The number of rotatable bonds is 0. The zero-order valence-electron chi connectivity index (χ0n) is 8.59. The van der Waals surface area contributed by atoms with Crippen LogP contribution in [0.2, 0.25) is 0 Å². The van der Waals surface area contributed by atoms with E-state index in [-0.39, 0.29) is 5.78 Å². The molecule has 0 amide bonds. The molecule has 2 nitrogen and oxygen atoms in total. The summed E-state index contributed by atoms with van der Waals surface area (Å²) in [5, 5.41) is 0. The Bertz CT molecular complexity index is 380. The van der Waals surface area contributed by atoms with Gasteiger partial charge in [-0.25, -0.2) is 0 Å². The van der Waals surface area contributed by atoms with Crippen LogP contribution < -0.4 is 4.74 Å². The van der Waals surface area contributed by atoms with Gasteiger partial charge in [0.1, 0.15) is 5.75 Å². The van der Waals surface area contributed by atoms with Crippen molar-refractivity contribution in [3.63, 3.8) is 0 Å². The summed E-state index contributed by atoms with van der Waals surface area (Å²) in [5.41, 5.74) is 2.95. The van der Waals surface area contributed by atoms with E-state index in [0.29, 0.717) is 13.0 Å². The number of hydrogen-bond donors (Lipinski definition) is 0. The minimum Gasteiger partial charge on any atom is -0.493 e. The summed E-state index contributed by atoms with van der Waals surface area (Å²) in [7, 11) is 0. The van der Waals surface area contributed by atoms with Gasteiger partial charge in [-0.1, -0.05) is 6.07 Å². The van der Waals surface area contributed by atoms with Gasteiger partial charge in [0.2, 0.25) is 0 Å². The molecular formula is C12H14O2. The average molecular weight is 190 g/mol. The van der Waals surface area contributed by atoms with E-state index < -0.39 is 0 Å². The number of Topliss-reactive ketones (excluding diaryl/α,β-unsaturated/α-hetero) is 1. The fraction of sp³-hybridized carbons (Fsp3) is 0.417.